The lowest BCUT2D eigenvalue weighted by molar-refractivity contribution is 0.0704. The molecule has 0 aromatic carbocycles. The predicted octanol–water partition coefficient (Wildman–Crippen LogP) is 0.903. The monoisotopic (exact) mass is 141 g/mol. The number of fused-ring (bicyclic) bond motifs is 2. The van der Waals surface area contributed by atoms with Gasteiger partial charge in [0.25, 0.3) is 0 Å². The van der Waals surface area contributed by atoms with Crippen LogP contribution in [0.15, 0.2) is 0 Å². The lowest BCUT2D eigenvalue weighted by Crippen LogP contribution is -2.36. The van der Waals surface area contributed by atoms with E-state index < -0.39 is 0 Å². The molecule has 2 bridgehead atoms. The summed E-state index contributed by atoms with van der Waals surface area (Å²) in [5, 5.41) is 0. The number of rotatable bonds is 1. The van der Waals surface area contributed by atoms with Gasteiger partial charge in [-0.15, -0.1) is 0 Å². The van der Waals surface area contributed by atoms with Crippen LogP contribution in [-0.2, 0) is 4.74 Å². The normalized spacial score (nSPS) is 52.2. The molecule has 0 spiro atoms. The molecule has 58 valence electrons. The van der Waals surface area contributed by atoms with Crippen molar-refractivity contribution in [2.24, 2.45) is 11.1 Å². The molecule has 2 aliphatic rings. The number of hydrogen-bond donors (Lipinski definition) is 1. The minimum absolute atomic E-state index is 0.308. The number of ether oxygens (including phenoxy) is 1. The van der Waals surface area contributed by atoms with Crippen molar-refractivity contribution < 1.29 is 4.74 Å². The second-order valence-corrected chi connectivity index (χ2v) is 3.89. The summed E-state index contributed by atoms with van der Waals surface area (Å²) in [5.74, 6) is 0. The molecule has 10 heavy (non-hydrogen) atoms. The van der Waals surface area contributed by atoms with Crippen molar-refractivity contribution in [1.29, 1.82) is 0 Å². The Balaban J connectivity index is 2.14. The topological polar surface area (TPSA) is 35.2 Å². The third kappa shape index (κ3) is 0.722. The van der Waals surface area contributed by atoms with Crippen LogP contribution in [-0.4, -0.2) is 18.8 Å². The van der Waals surface area contributed by atoms with E-state index in [2.05, 4.69) is 6.92 Å². The molecule has 0 amide bonds. The van der Waals surface area contributed by atoms with Gasteiger partial charge >= 0.3 is 0 Å². The third-order valence-electron chi connectivity index (χ3n) is 3.05. The molecule has 3 atom stereocenters. The van der Waals surface area contributed by atoms with E-state index in [0.29, 0.717) is 17.6 Å². The van der Waals surface area contributed by atoms with Crippen molar-refractivity contribution in [3.05, 3.63) is 0 Å². The highest BCUT2D eigenvalue weighted by atomic mass is 16.5. The highest BCUT2D eigenvalue weighted by molar-refractivity contribution is 4.98. The van der Waals surface area contributed by atoms with Gasteiger partial charge in [0.15, 0.2) is 0 Å². The van der Waals surface area contributed by atoms with E-state index in [1.807, 2.05) is 0 Å². The Bertz CT molecular complexity index is 148. The second kappa shape index (κ2) is 1.95. The Hall–Kier alpha value is -0.0800. The summed E-state index contributed by atoms with van der Waals surface area (Å²) in [5.41, 5.74) is 5.98. The fourth-order valence-corrected chi connectivity index (χ4v) is 2.23. The van der Waals surface area contributed by atoms with E-state index in [-0.39, 0.29) is 0 Å². The summed E-state index contributed by atoms with van der Waals surface area (Å²) < 4.78 is 5.70. The van der Waals surface area contributed by atoms with Crippen LogP contribution in [0.5, 0.6) is 0 Å². The summed E-state index contributed by atoms with van der Waals surface area (Å²) in [7, 11) is 0. The summed E-state index contributed by atoms with van der Waals surface area (Å²) in [4.78, 5) is 0. The second-order valence-electron chi connectivity index (χ2n) is 3.89. The maximum absolute atomic E-state index is 5.70. The first-order valence-electron chi connectivity index (χ1n) is 4.10. The summed E-state index contributed by atoms with van der Waals surface area (Å²) in [6.07, 6.45) is 4.70. The zero-order chi connectivity index (χ0) is 7.19. The lowest BCUT2D eigenvalue weighted by atomic mass is 9.76. The highest BCUT2D eigenvalue weighted by Crippen LogP contribution is 2.46. The van der Waals surface area contributed by atoms with Crippen LogP contribution in [0.25, 0.3) is 0 Å². The number of nitrogens with two attached hydrogens (primary N) is 1. The molecule has 2 nitrogen and oxygen atoms in total. The summed E-state index contributed by atoms with van der Waals surface area (Å²) in [6.45, 7) is 3.03. The Labute approximate surface area is 61.7 Å². The van der Waals surface area contributed by atoms with Crippen LogP contribution in [0.4, 0.5) is 0 Å². The van der Waals surface area contributed by atoms with E-state index in [4.69, 9.17) is 10.5 Å². The maximum Gasteiger partial charge on any atom is 0.0646 e. The highest BCUT2D eigenvalue weighted by Gasteiger charge is 2.48. The van der Waals surface area contributed by atoms with Crippen molar-refractivity contribution in [3.63, 3.8) is 0 Å². The van der Waals surface area contributed by atoms with Gasteiger partial charge in [-0.05, 0) is 19.3 Å². The van der Waals surface area contributed by atoms with Gasteiger partial charge in [-0.1, -0.05) is 6.92 Å². The van der Waals surface area contributed by atoms with Gasteiger partial charge in [-0.2, -0.15) is 0 Å². The van der Waals surface area contributed by atoms with E-state index in [1.54, 1.807) is 0 Å². The molecule has 2 N–H and O–H groups in total. The molecular formula is C8H15NO. The van der Waals surface area contributed by atoms with E-state index in [1.165, 1.54) is 19.3 Å². The van der Waals surface area contributed by atoms with Gasteiger partial charge < -0.3 is 10.5 Å². The molecular weight excluding hydrogens is 126 g/mol. The Morgan fingerprint density at radius 2 is 2.40 bits per heavy atom. The van der Waals surface area contributed by atoms with Crippen LogP contribution >= 0.6 is 0 Å². The third-order valence-corrected chi connectivity index (χ3v) is 3.05. The molecule has 2 rings (SSSR count). The first-order valence-corrected chi connectivity index (χ1v) is 4.10. The van der Waals surface area contributed by atoms with Crippen LogP contribution in [0.2, 0.25) is 0 Å². The van der Waals surface area contributed by atoms with Crippen molar-refractivity contribution >= 4 is 0 Å². The van der Waals surface area contributed by atoms with E-state index in [0.717, 1.165) is 6.54 Å². The Morgan fingerprint density at radius 1 is 1.60 bits per heavy atom. The van der Waals surface area contributed by atoms with Crippen molar-refractivity contribution in [1.82, 2.24) is 0 Å². The Kier molecular flexibility index (Phi) is 1.29. The van der Waals surface area contributed by atoms with Gasteiger partial charge in [0.1, 0.15) is 0 Å². The predicted molar refractivity (Wildman–Crippen MR) is 39.7 cm³/mol. The average molecular weight is 141 g/mol. The van der Waals surface area contributed by atoms with Gasteiger partial charge in [0.2, 0.25) is 0 Å². The summed E-state index contributed by atoms with van der Waals surface area (Å²) in [6, 6.07) is 0. The van der Waals surface area contributed by atoms with Gasteiger partial charge in [-0.25, -0.2) is 0 Å². The standard InChI is InChI=1S/C8H15NO/c1-8(5-9)4-6-2-3-7(8)10-6/h6-7H,2-5,9H2,1H3/t6-,7-,8+/m1/s1. The van der Waals surface area contributed by atoms with E-state index >= 15 is 0 Å². The molecule has 0 radical (unpaired) electrons. The van der Waals surface area contributed by atoms with Gasteiger partial charge in [0.05, 0.1) is 12.2 Å². The first-order chi connectivity index (χ1) is 4.74. The average Bonchev–Trinajstić information content (AvgIpc) is 2.46. The molecule has 0 aliphatic carbocycles. The van der Waals surface area contributed by atoms with E-state index in [9.17, 15) is 0 Å². The number of hydrogen-bond acceptors (Lipinski definition) is 2. The Morgan fingerprint density at radius 3 is 2.70 bits per heavy atom. The van der Waals surface area contributed by atoms with Crippen LogP contribution in [0.1, 0.15) is 26.2 Å². The quantitative estimate of drug-likeness (QED) is 0.589. The SMILES string of the molecule is C[C@@]1(CN)C[C@H]2CC[C@H]1O2. The minimum atomic E-state index is 0.308. The molecule has 0 aromatic heterocycles. The molecule has 2 fully saturated rings. The van der Waals surface area contributed by atoms with Crippen molar-refractivity contribution in [3.8, 4) is 0 Å². The zero-order valence-electron chi connectivity index (χ0n) is 6.47. The van der Waals surface area contributed by atoms with Crippen LogP contribution in [0.3, 0.4) is 0 Å². The molecule has 2 aliphatic heterocycles. The van der Waals surface area contributed by atoms with Crippen LogP contribution < -0.4 is 5.73 Å². The first kappa shape index (κ1) is 6.62. The van der Waals surface area contributed by atoms with Crippen molar-refractivity contribution in [2.45, 2.75) is 38.4 Å². The molecule has 2 heteroatoms. The maximum atomic E-state index is 5.70. The molecule has 0 saturated carbocycles. The minimum Gasteiger partial charge on any atom is -0.374 e. The fourth-order valence-electron chi connectivity index (χ4n) is 2.23. The van der Waals surface area contributed by atoms with Gasteiger partial charge in [-0.3, -0.25) is 0 Å². The lowest BCUT2D eigenvalue weighted by Gasteiger charge is -2.29. The summed E-state index contributed by atoms with van der Waals surface area (Å²) >= 11 is 0. The van der Waals surface area contributed by atoms with Crippen molar-refractivity contribution in [2.75, 3.05) is 6.54 Å². The van der Waals surface area contributed by atoms with Gasteiger partial charge in [0, 0.05) is 12.0 Å². The smallest absolute Gasteiger partial charge is 0.0646 e. The fraction of sp³-hybridized carbons (Fsp3) is 1.00. The zero-order valence-corrected chi connectivity index (χ0v) is 6.47. The largest absolute Gasteiger partial charge is 0.374 e. The molecule has 0 aromatic rings. The van der Waals surface area contributed by atoms with Crippen LogP contribution in [0, 0.1) is 5.41 Å². The molecule has 2 saturated heterocycles. The molecule has 2 heterocycles. The molecule has 0 unspecified atom stereocenters.